The van der Waals surface area contributed by atoms with Gasteiger partial charge in [-0.15, -0.1) is 0 Å². The molecule has 0 saturated carbocycles. The van der Waals surface area contributed by atoms with Crippen LogP contribution in [0.3, 0.4) is 0 Å². The van der Waals surface area contributed by atoms with E-state index >= 15 is 0 Å². The second-order valence-corrected chi connectivity index (χ2v) is 5.36. The van der Waals surface area contributed by atoms with Crippen LogP contribution < -0.4 is 10.6 Å². The number of methoxy groups -OCH3 is 1. The molecule has 0 bridgehead atoms. The van der Waals surface area contributed by atoms with Crippen LogP contribution in [-0.4, -0.2) is 19.7 Å². The van der Waals surface area contributed by atoms with Crippen molar-refractivity contribution in [1.82, 2.24) is 5.32 Å². The van der Waals surface area contributed by atoms with Gasteiger partial charge in [-0.25, -0.2) is 4.79 Å². The van der Waals surface area contributed by atoms with Crippen molar-refractivity contribution in [2.24, 2.45) is 0 Å². The van der Waals surface area contributed by atoms with Crippen LogP contribution >= 0.6 is 11.6 Å². The Kier molecular flexibility index (Phi) is 5.81. The van der Waals surface area contributed by atoms with Crippen LogP contribution in [0, 0.1) is 6.92 Å². The lowest BCUT2D eigenvalue weighted by Crippen LogP contribution is -2.33. The van der Waals surface area contributed by atoms with Crippen molar-refractivity contribution >= 4 is 23.3 Å². The van der Waals surface area contributed by atoms with Gasteiger partial charge in [0.25, 0.3) is 0 Å². The first-order valence-corrected chi connectivity index (χ1v) is 7.36. The van der Waals surface area contributed by atoms with E-state index in [1.807, 2.05) is 49.4 Å². The molecule has 116 valence electrons. The van der Waals surface area contributed by atoms with Crippen molar-refractivity contribution < 1.29 is 9.53 Å². The molecule has 1 unspecified atom stereocenters. The fourth-order valence-corrected chi connectivity index (χ4v) is 2.40. The van der Waals surface area contributed by atoms with Gasteiger partial charge in [-0.1, -0.05) is 41.9 Å². The minimum atomic E-state index is -0.294. The summed E-state index contributed by atoms with van der Waals surface area (Å²) in [6.07, 6.45) is -0.294. The molecule has 0 saturated heterocycles. The molecule has 2 aromatic rings. The third-order valence-corrected chi connectivity index (χ3v) is 3.60. The van der Waals surface area contributed by atoms with Crippen molar-refractivity contribution in [1.29, 1.82) is 0 Å². The summed E-state index contributed by atoms with van der Waals surface area (Å²) in [7, 11) is 1.59. The SMILES string of the molecule is COC(CNC(=O)Nc1cccc(C)c1)c1ccccc1Cl. The van der Waals surface area contributed by atoms with Gasteiger partial charge in [0.05, 0.1) is 0 Å². The standard InChI is InChI=1S/C17H19ClN2O2/c1-12-6-5-7-13(10-12)20-17(21)19-11-16(22-2)14-8-3-4-9-15(14)18/h3-10,16H,11H2,1-2H3,(H2,19,20,21). The average molecular weight is 319 g/mol. The van der Waals surface area contributed by atoms with Crippen molar-refractivity contribution in [2.75, 3.05) is 19.0 Å². The zero-order valence-electron chi connectivity index (χ0n) is 12.6. The fourth-order valence-electron chi connectivity index (χ4n) is 2.14. The van der Waals surface area contributed by atoms with Crippen LogP contribution in [0.2, 0.25) is 5.02 Å². The number of benzene rings is 2. The maximum absolute atomic E-state index is 11.9. The molecule has 0 fully saturated rings. The van der Waals surface area contributed by atoms with E-state index < -0.39 is 0 Å². The molecule has 2 aromatic carbocycles. The van der Waals surface area contributed by atoms with Gasteiger partial charge < -0.3 is 15.4 Å². The van der Waals surface area contributed by atoms with E-state index in [4.69, 9.17) is 16.3 Å². The largest absolute Gasteiger partial charge is 0.375 e. The van der Waals surface area contributed by atoms with Gasteiger partial charge in [-0.2, -0.15) is 0 Å². The Morgan fingerprint density at radius 3 is 2.68 bits per heavy atom. The van der Waals surface area contributed by atoms with Crippen molar-refractivity contribution in [3.63, 3.8) is 0 Å². The van der Waals surface area contributed by atoms with Crippen molar-refractivity contribution in [2.45, 2.75) is 13.0 Å². The molecule has 1 atom stereocenters. The molecule has 0 aliphatic heterocycles. The Labute approximate surface area is 135 Å². The first-order chi connectivity index (χ1) is 10.6. The second kappa shape index (κ2) is 7.82. The van der Waals surface area contributed by atoms with Crippen LogP contribution in [0.25, 0.3) is 0 Å². The number of urea groups is 1. The Bertz CT molecular complexity index is 646. The number of rotatable bonds is 5. The summed E-state index contributed by atoms with van der Waals surface area (Å²) < 4.78 is 5.41. The summed E-state index contributed by atoms with van der Waals surface area (Å²) in [5, 5.41) is 6.20. The smallest absolute Gasteiger partial charge is 0.319 e. The quantitative estimate of drug-likeness (QED) is 0.869. The molecule has 0 aliphatic carbocycles. The minimum absolute atomic E-state index is 0.278. The molecule has 0 aromatic heterocycles. The van der Waals surface area contributed by atoms with E-state index in [0.717, 1.165) is 16.8 Å². The number of anilines is 1. The van der Waals surface area contributed by atoms with Gasteiger partial charge in [0.1, 0.15) is 6.10 Å². The van der Waals surface area contributed by atoms with E-state index in [9.17, 15) is 4.79 Å². The van der Waals surface area contributed by atoms with Gasteiger partial charge in [0, 0.05) is 29.9 Å². The zero-order valence-corrected chi connectivity index (χ0v) is 13.4. The Morgan fingerprint density at radius 2 is 2.00 bits per heavy atom. The lowest BCUT2D eigenvalue weighted by Gasteiger charge is -2.18. The molecule has 0 radical (unpaired) electrons. The predicted octanol–water partition coefficient (Wildman–Crippen LogP) is 4.16. The number of hydrogen-bond acceptors (Lipinski definition) is 2. The molecule has 2 N–H and O–H groups in total. The molecule has 4 nitrogen and oxygen atoms in total. The van der Waals surface area contributed by atoms with Crippen molar-refractivity contribution in [3.8, 4) is 0 Å². The average Bonchev–Trinajstić information content (AvgIpc) is 2.49. The summed E-state index contributed by atoms with van der Waals surface area (Å²) in [5.41, 5.74) is 2.69. The zero-order chi connectivity index (χ0) is 15.9. The Balaban J connectivity index is 1.93. The number of ether oxygens (including phenoxy) is 1. The first kappa shape index (κ1) is 16.3. The normalized spacial score (nSPS) is 11.8. The van der Waals surface area contributed by atoms with Gasteiger partial charge in [-0.05, 0) is 30.7 Å². The van der Waals surface area contributed by atoms with Crippen LogP contribution in [-0.2, 0) is 4.74 Å². The molecule has 2 amide bonds. The highest BCUT2D eigenvalue weighted by atomic mass is 35.5. The minimum Gasteiger partial charge on any atom is -0.375 e. The predicted molar refractivity (Wildman–Crippen MR) is 89.4 cm³/mol. The van der Waals surface area contributed by atoms with Crippen molar-refractivity contribution in [3.05, 3.63) is 64.7 Å². The van der Waals surface area contributed by atoms with Gasteiger partial charge >= 0.3 is 6.03 Å². The molecule has 0 spiro atoms. The van der Waals surface area contributed by atoms with E-state index in [0.29, 0.717) is 11.6 Å². The van der Waals surface area contributed by atoms with E-state index in [1.165, 1.54) is 0 Å². The van der Waals surface area contributed by atoms with Crippen LogP contribution in [0.15, 0.2) is 48.5 Å². The number of nitrogens with one attached hydrogen (secondary N) is 2. The lowest BCUT2D eigenvalue weighted by molar-refractivity contribution is 0.104. The number of amides is 2. The highest BCUT2D eigenvalue weighted by Gasteiger charge is 2.14. The maximum atomic E-state index is 11.9. The fraction of sp³-hybridized carbons (Fsp3) is 0.235. The highest BCUT2D eigenvalue weighted by Crippen LogP contribution is 2.24. The molecule has 0 heterocycles. The summed E-state index contributed by atoms with van der Waals surface area (Å²) in [5.74, 6) is 0. The molecule has 22 heavy (non-hydrogen) atoms. The molecule has 0 aliphatic rings. The van der Waals surface area contributed by atoms with Crippen LogP contribution in [0.1, 0.15) is 17.2 Å². The molecule has 2 rings (SSSR count). The van der Waals surface area contributed by atoms with E-state index in [2.05, 4.69) is 10.6 Å². The maximum Gasteiger partial charge on any atom is 0.319 e. The third-order valence-electron chi connectivity index (χ3n) is 3.26. The van der Waals surface area contributed by atoms with Crippen LogP contribution in [0.4, 0.5) is 10.5 Å². The Hall–Kier alpha value is -2.04. The number of aryl methyl sites for hydroxylation is 1. The topological polar surface area (TPSA) is 50.4 Å². The number of carbonyl (C=O) groups is 1. The first-order valence-electron chi connectivity index (χ1n) is 6.99. The molecular formula is C17H19ClN2O2. The van der Waals surface area contributed by atoms with Crippen LogP contribution in [0.5, 0.6) is 0 Å². The van der Waals surface area contributed by atoms with Gasteiger partial charge in [0.15, 0.2) is 0 Å². The monoisotopic (exact) mass is 318 g/mol. The van der Waals surface area contributed by atoms with Gasteiger partial charge in [0.2, 0.25) is 0 Å². The van der Waals surface area contributed by atoms with E-state index in [1.54, 1.807) is 13.2 Å². The van der Waals surface area contributed by atoms with Gasteiger partial charge in [-0.3, -0.25) is 0 Å². The summed E-state index contributed by atoms with van der Waals surface area (Å²) in [6, 6.07) is 14.8. The molecule has 5 heteroatoms. The lowest BCUT2D eigenvalue weighted by atomic mass is 10.1. The highest BCUT2D eigenvalue weighted by molar-refractivity contribution is 6.31. The summed E-state index contributed by atoms with van der Waals surface area (Å²) in [6.45, 7) is 2.30. The number of hydrogen-bond donors (Lipinski definition) is 2. The Morgan fingerprint density at radius 1 is 1.23 bits per heavy atom. The van der Waals surface area contributed by atoms with E-state index in [-0.39, 0.29) is 12.1 Å². The number of carbonyl (C=O) groups excluding carboxylic acids is 1. The second-order valence-electron chi connectivity index (χ2n) is 4.95. The summed E-state index contributed by atoms with van der Waals surface area (Å²) >= 11 is 6.15. The third kappa shape index (κ3) is 4.48. The molecular weight excluding hydrogens is 300 g/mol. The number of halogens is 1. The summed E-state index contributed by atoms with van der Waals surface area (Å²) in [4.78, 5) is 11.9.